The fourth-order valence-corrected chi connectivity index (χ4v) is 18.6. The van der Waals surface area contributed by atoms with Gasteiger partial charge < -0.3 is 62.6 Å². The molecule has 0 atom stereocenters. The van der Waals surface area contributed by atoms with Gasteiger partial charge in [-0.25, -0.2) is 39.9 Å². The van der Waals surface area contributed by atoms with Crippen LogP contribution in [0.5, 0.6) is 11.8 Å². The van der Waals surface area contributed by atoms with Crippen molar-refractivity contribution in [3.8, 4) is 56.8 Å². The van der Waals surface area contributed by atoms with Crippen LogP contribution in [-0.2, 0) is 30.6 Å². The molecule has 2 aliphatic rings. The molecule has 133 heavy (non-hydrogen) atoms. The van der Waals surface area contributed by atoms with Gasteiger partial charge in [-0.3, -0.25) is 19.2 Å². The number of rotatable bonds is 24. The van der Waals surface area contributed by atoms with Gasteiger partial charge in [0.25, 0.3) is 23.6 Å². The lowest BCUT2D eigenvalue weighted by Crippen LogP contribution is -2.43. The third-order valence-corrected chi connectivity index (χ3v) is 29.8. The van der Waals surface area contributed by atoms with Crippen LogP contribution in [0.15, 0.2) is 244 Å². The van der Waals surface area contributed by atoms with E-state index in [4.69, 9.17) is 77.6 Å². The van der Waals surface area contributed by atoms with E-state index in [0.717, 1.165) is 135 Å². The van der Waals surface area contributed by atoms with E-state index in [9.17, 15) is 24.3 Å². The number of aromatic nitrogens is 12. The number of nitrogens with two attached hydrogens (primary N) is 1. The Morgan fingerprint density at radius 3 is 1.11 bits per heavy atom. The van der Waals surface area contributed by atoms with Gasteiger partial charge in [0.05, 0.1) is 26.3 Å². The number of hydrogen-bond donors (Lipinski definition) is 2. The molecule has 2 aliphatic heterocycles. The number of nitrogens with zero attached hydrogens (tertiary/aromatic N) is 16. The molecule has 8 aromatic heterocycles. The maximum atomic E-state index is 13.9. The first-order valence-electron chi connectivity index (χ1n) is 44.3. The molecule has 3 N–H and O–H groups in total. The summed E-state index contributed by atoms with van der Waals surface area (Å²) in [6.07, 6.45) is 9.12. The van der Waals surface area contributed by atoms with Crippen LogP contribution in [0.1, 0.15) is 116 Å². The highest BCUT2D eigenvalue weighted by molar-refractivity contribution is 6.74. The number of halogens is 5. The predicted octanol–water partition coefficient (Wildman–Crippen LogP) is 23.3. The number of fused-ring (bicyclic) bond motifs is 6. The Balaban J connectivity index is 0.000000136. The van der Waals surface area contributed by atoms with Crippen molar-refractivity contribution in [3.05, 3.63) is 292 Å². The van der Waals surface area contributed by atoms with Crippen LogP contribution in [0.2, 0.25) is 43.9 Å². The minimum atomic E-state index is -2.02. The first-order chi connectivity index (χ1) is 64.3. The van der Waals surface area contributed by atoms with Crippen molar-refractivity contribution in [2.45, 2.75) is 118 Å². The van der Waals surface area contributed by atoms with Crippen LogP contribution < -0.4 is 34.8 Å². The molecule has 16 aromatic rings. The van der Waals surface area contributed by atoms with Crippen LogP contribution in [0.4, 0.5) is 28.6 Å². The van der Waals surface area contributed by atoms with Gasteiger partial charge in [-0.1, -0.05) is 228 Å². The second-order valence-electron chi connectivity index (χ2n) is 33.5. The third kappa shape index (κ3) is 20.5. The minimum Gasteiger partial charge on any atom is -0.475 e. The lowest BCUT2D eigenvalue weighted by molar-refractivity contribution is 0.0973. The molecule has 0 bridgehead atoms. The number of aryl methyl sites for hydroxylation is 4. The van der Waals surface area contributed by atoms with E-state index in [0.29, 0.717) is 45.1 Å². The molecule has 0 radical (unpaired) electrons. The monoisotopic (exact) mass is 1900 g/mol. The smallest absolute Gasteiger partial charge is 0.267 e. The maximum absolute atomic E-state index is 13.9. The van der Waals surface area contributed by atoms with Gasteiger partial charge in [-0.2, -0.15) is 0 Å². The van der Waals surface area contributed by atoms with E-state index >= 15 is 0 Å². The van der Waals surface area contributed by atoms with Crippen molar-refractivity contribution in [1.82, 2.24) is 58.1 Å². The Labute approximate surface area is 797 Å². The van der Waals surface area contributed by atoms with E-state index in [1.807, 2.05) is 103 Å². The number of carbonyl (C=O) groups is 4. The summed E-state index contributed by atoms with van der Waals surface area (Å²) in [5, 5.41) is 14.0. The number of aliphatic hydroxyl groups is 1. The molecule has 682 valence electrons. The Kier molecular flexibility index (Phi) is 30.2. The molecular formula is C102H102Cl5N17O8Si. The quantitative estimate of drug-likeness (QED) is 0.0420. The zero-order valence-electron chi connectivity index (χ0n) is 75.3. The van der Waals surface area contributed by atoms with Crippen LogP contribution in [0.3, 0.4) is 0 Å². The summed E-state index contributed by atoms with van der Waals surface area (Å²) < 4.78 is 27.0. The van der Waals surface area contributed by atoms with E-state index in [-0.39, 0.29) is 102 Å². The third-order valence-electron chi connectivity index (χ3n) is 23.8. The average Bonchev–Trinajstić information content (AvgIpc) is 1.64. The van der Waals surface area contributed by atoms with Crippen LogP contribution in [0, 0.1) is 0 Å². The van der Waals surface area contributed by atoms with Gasteiger partial charge in [-0.15, -0.1) is 0 Å². The zero-order valence-corrected chi connectivity index (χ0v) is 80.1. The summed E-state index contributed by atoms with van der Waals surface area (Å²) in [5.41, 5.74) is 23.1. The fraction of sp³-hybridized carbons (Fsp3) is 0.255. The first-order valence-corrected chi connectivity index (χ1v) is 49.1. The normalized spacial score (nSPS) is 12.7. The molecule has 10 heterocycles. The Morgan fingerprint density at radius 1 is 0.429 bits per heavy atom. The van der Waals surface area contributed by atoms with Crippen LogP contribution in [-0.4, -0.2) is 148 Å². The number of aliphatic hydroxyl groups excluding tert-OH is 1. The molecule has 8 aromatic carbocycles. The predicted molar refractivity (Wildman–Crippen MR) is 536 cm³/mol. The molecule has 0 aliphatic carbocycles. The van der Waals surface area contributed by atoms with E-state index in [2.05, 4.69) is 235 Å². The van der Waals surface area contributed by atoms with Crippen molar-refractivity contribution in [2.24, 2.45) is 0 Å². The van der Waals surface area contributed by atoms with E-state index in [1.54, 1.807) is 14.7 Å². The van der Waals surface area contributed by atoms with Gasteiger partial charge in [0.15, 0.2) is 8.32 Å². The maximum Gasteiger partial charge on any atom is 0.267 e. The number of amides is 4. The highest BCUT2D eigenvalue weighted by Gasteiger charge is 2.38. The van der Waals surface area contributed by atoms with Crippen LogP contribution in [0.25, 0.3) is 88.6 Å². The average molecular weight is 1900 g/mol. The number of benzene rings is 8. The molecule has 0 saturated carbocycles. The Morgan fingerprint density at radius 2 is 0.752 bits per heavy atom. The number of anilines is 5. The van der Waals surface area contributed by atoms with Crippen molar-refractivity contribution in [1.29, 1.82) is 0 Å². The van der Waals surface area contributed by atoms with E-state index < -0.39 is 14.2 Å². The molecule has 0 fully saturated rings. The molecule has 0 unspecified atom stereocenters. The number of ether oxygens (including phenoxy) is 2. The topological polar surface area (TPSA) is 278 Å². The van der Waals surface area contributed by atoms with Gasteiger partial charge in [0.1, 0.15) is 92.4 Å². The number of nitrogen functional groups attached to an aromatic ring is 1. The highest BCUT2D eigenvalue weighted by atomic mass is 35.5. The van der Waals surface area contributed by atoms with Crippen LogP contribution >= 0.6 is 58.0 Å². The van der Waals surface area contributed by atoms with Crippen molar-refractivity contribution < 1.29 is 38.2 Å². The molecular weight excluding hydrogens is 1800 g/mol. The molecule has 4 amide bonds. The molecule has 18 rings (SSSR count). The van der Waals surface area contributed by atoms with Gasteiger partial charge >= 0.3 is 0 Å². The number of carbonyl (C=O) groups excluding carboxylic acids is 4. The summed E-state index contributed by atoms with van der Waals surface area (Å²) >= 11 is 31.1. The van der Waals surface area contributed by atoms with Crippen molar-refractivity contribution in [2.75, 3.05) is 77.9 Å². The minimum absolute atomic E-state index is 0.0120. The largest absolute Gasteiger partial charge is 0.475 e. The zero-order chi connectivity index (χ0) is 93.8. The lowest BCUT2D eigenvalue weighted by atomic mass is 10.1. The summed E-state index contributed by atoms with van der Waals surface area (Å²) in [6, 6.07) is 74.1. The Bertz CT molecular complexity index is 6660. The van der Waals surface area contributed by atoms with Gasteiger partial charge in [0, 0.05) is 128 Å². The first kappa shape index (κ1) is 94.7. The standard InChI is InChI=1S/C30H36Cl2N4O2Si.C24H22Cl2N4O2.C24H21ClN4O2.C24H23N5O2/c1-7-15-36-24-14-13-23(18-22(24)19-25(36)21-11-9-8-10-12-21)35(16-17-38-39(5,6)30(2,3)4)29(37)26-27(31)33-20-34-28(26)32;1-2-10-30-19-9-8-18(13-17(19)14-20(30)16-6-4-3-5-7-16)29(11-12-31)24(32)21-22(25)27-15-28-23(21)26;2*1-2-10-29-19-9-8-18(13-17(19)14-20(29)16-6-4-3-5-7-16)28-11-12-31-23-21(24(28)30)22(25)26-15-27-23/h8-14,18-20H,7,15-17H2,1-6H3;3-9,13-15,31H,2,10-12H2,1H3;3-9,13-15H,2,10-12H2,1H3;3-9,13-15H,2,10-12H2,1H3,(H2,25,26,27). The lowest BCUT2D eigenvalue weighted by Gasteiger charge is -2.37. The van der Waals surface area contributed by atoms with Gasteiger partial charge in [0.2, 0.25) is 11.8 Å². The summed E-state index contributed by atoms with van der Waals surface area (Å²) in [6.45, 7) is 25.3. The number of hydrogen-bond acceptors (Lipinski definition) is 17. The van der Waals surface area contributed by atoms with E-state index in [1.165, 1.54) is 52.7 Å². The molecule has 25 nitrogen and oxygen atoms in total. The second-order valence-corrected chi connectivity index (χ2v) is 40.1. The summed E-state index contributed by atoms with van der Waals surface area (Å²) in [7, 11) is -2.02. The molecule has 31 heteroatoms. The Hall–Kier alpha value is -12.9. The SMILES string of the molecule is CCCn1c(-c2ccccc2)cc2cc(N(CCO)C(=O)c3c(Cl)ncnc3Cl)ccc21.CCCn1c(-c2ccccc2)cc2cc(N(CCO[Si](C)(C)C(C)(C)C)C(=O)c3c(Cl)ncnc3Cl)ccc21.CCCn1c(-c2ccccc2)cc2cc(N3CCOc4ncnc(Cl)c4C3=O)ccc21.CCCn1c(-c2ccccc2)cc2cc(N3CCOc4ncnc(N)c4C3=O)ccc21. The highest BCUT2D eigenvalue weighted by Crippen LogP contribution is 2.42. The molecule has 0 spiro atoms. The van der Waals surface area contributed by atoms with Crippen molar-refractivity contribution >= 4 is 162 Å². The summed E-state index contributed by atoms with van der Waals surface area (Å²) in [4.78, 5) is 92.0. The van der Waals surface area contributed by atoms with Crippen molar-refractivity contribution in [3.63, 3.8) is 0 Å². The molecule has 0 saturated heterocycles. The summed E-state index contributed by atoms with van der Waals surface area (Å²) in [5.74, 6) is -0.737. The second kappa shape index (κ2) is 42.3. The van der Waals surface area contributed by atoms with Gasteiger partial charge in [-0.05, 0) is 163 Å². The fourth-order valence-electron chi connectivity index (χ4n) is 16.4.